The molecule has 28 heavy (non-hydrogen) atoms. The van der Waals surface area contributed by atoms with Crippen molar-refractivity contribution in [2.24, 2.45) is 0 Å². The van der Waals surface area contributed by atoms with E-state index in [1.165, 1.54) is 17.7 Å². The van der Waals surface area contributed by atoms with Gasteiger partial charge in [0.2, 0.25) is 0 Å². The summed E-state index contributed by atoms with van der Waals surface area (Å²) in [5, 5.41) is 14.1. The number of hydrogen-bond acceptors (Lipinski definition) is 5. The summed E-state index contributed by atoms with van der Waals surface area (Å²) in [7, 11) is 1.60. The fourth-order valence-electron chi connectivity index (χ4n) is 2.78. The van der Waals surface area contributed by atoms with Crippen LogP contribution in [0, 0.1) is 17.0 Å². The van der Waals surface area contributed by atoms with Crippen molar-refractivity contribution in [2.45, 2.75) is 20.1 Å². The topological polar surface area (TPSA) is 73.6 Å². The lowest BCUT2D eigenvalue weighted by Crippen LogP contribution is -2.02. The highest BCUT2D eigenvalue weighted by molar-refractivity contribution is 5.51. The highest BCUT2D eigenvalue weighted by Gasteiger charge is 2.08. The average molecular weight is 378 g/mol. The van der Waals surface area contributed by atoms with Gasteiger partial charge in [0, 0.05) is 24.4 Å². The number of hydrogen-bond donors (Lipinski definition) is 1. The van der Waals surface area contributed by atoms with Crippen LogP contribution in [0.3, 0.4) is 0 Å². The molecule has 0 saturated heterocycles. The van der Waals surface area contributed by atoms with E-state index < -0.39 is 4.92 Å². The summed E-state index contributed by atoms with van der Waals surface area (Å²) in [6.07, 6.45) is 0. The van der Waals surface area contributed by atoms with E-state index in [1.807, 2.05) is 36.4 Å². The van der Waals surface area contributed by atoms with Crippen molar-refractivity contribution < 1.29 is 14.4 Å². The van der Waals surface area contributed by atoms with E-state index in [-0.39, 0.29) is 5.69 Å². The molecule has 144 valence electrons. The van der Waals surface area contributed by atoms with Crippen molar-refractivity contribution in [2.75, 3.05) is 12.4 Å². The predicted molar refractivity (Wildman–Crippen MR) is 109 cm³/mol. The van der Waals surface area contributed by atoms with E-state index >= 15 is 0 Å². The largest absolute Gasteiger partial charge is 0.493 e. The van der Waals surface area contributed by atoms with Gasteiger partial charge in [-0.1, -0.05) is 24.3 Å². The predicted octanol–water partition coefficient (Wildman–Crippen LogP) is 5.10. The van der Waals surface area contributed by atoms with Crippen molar-refractivity contribution in [1.29, 1.82) is 0 Å². The van der Waals surface area contributed by atoms with Gasteiger partial charge < -0.3 is 14.8 Å². The molecular formula is C22H22N2O4. The molecule has 0 bridgehead atoms. The molecule has 0 aliphatic carbocycles. The number of anilines is 1. The van der Waals surface area contributed by atoms with Gasteiger partial charge in [-0.3, -0.25) is 10.1 Å². The van der Waals surface area contributed by atoms with Crippen molar-refractivity contribution in [1.82, 2.24) is 0 Å². The number of non-ortho nitro benzene ring substituents is 1. The Morgan fingerprint density at radius 3 is 2.36 bits per heavy atom. The summed E-state index contributed by atoms with van der Waals surface area (Å²) in [5.41, 5.74) is 4.27. The molecule has 0 saturated carbocycles. The Kier molecular flexibility index (Phi) is 6.11. The number of benzene rings is 3. The Morgan fingerprint density at radius 1 is 0.964 bits per heavy atom. The van der Waals surface area contributed by atoms with Crippen LogP contribution < -0.4 is 14.8 Å². The smallest absolute Gasteiger partial charge is 0.269 e. The molecule has 0 heterocycles. The van der Waals surface area contributed by atoms with Crippen molar-refractivity contribution in [3.63, 3.8) is 0 Å². The van der Waals surface area contributed by atoms with Crippen LogP contribution in [0.4, 0.5) is 11.4 Å². The Bertz CT molecular complexity index is 955. The van der Waals surface area contributed by atoms with Crippen LogP contribution in [0.1, 0.15) is 16.7 Å². The first-order valence-corrected chi connectivity index (χ1v) is 8.89. The van der Waals surface area contributed by atoms with E-state index in [0.717, 1.165) is 16.8 Å². The molecule has 3 aromatic rings. The van der Waals surface area contributed by atoms with Gasteiger partial charge in [-0.2, -0.15) is 0 Å². The Labute approximate surface area is 163 Å². The van der Waals surface area contributed by atoms with Crippen LogP contribution in [-0.2, 0) is 13.2 Å². The first kappa shape index (κ1) is 19.2. The number of nitrogens with one attached hydrogen (secondary N) is 1. The summed E-state index contributed by atoms with van der Waals surface area (Å²) in [6.45, 7) is 3.04. The van der Waals surface area contributed by atoms with Crippen molar-refractivity contribution >= 4 is 11.4 Å². The second-order valence-electron chi connectivity index (χ2n) is 6.37. The van der Waals surface area contributed by atoms with Gasteiger partial charge in [-0.05, 0) is 53.9 Å². The van der Waals surface area contributed by atoms with Crippen molar-refractivity contribution in [3.05, 3.63) is 93.5 Å². The maximum absolute atomic E-state index is 10.7. The molecule has 0 aliphatic rings. The SMILES string of the molecule is COc1cc(CNc2ccccc2C)ccc1OCc1ccc([N+](=O)[O-])cc1. The van der Waals surface area contributed by atoms with Crippen LogP contribution in [0.5, 0.6) is 11.5 Å². The maximum atomic E-state index is 10.7. The summed E-state index contributed by atoms with van der Waals surface area (Å²) in [4.78, 5) is 10.3. The molecule has 6 heteroatoms. The minimum Gasteiger partial charge on any atom is -0.493 e. The van der Waals surface area contributed by atoms with Gasteiger partial charge in [0.1, 0.15) is 6.61 Å². The summed E-state index contributed by atoms with van der Waals surface area (Å²) < 4.78 is 11.3. The Balaban J connectivity index is 1.64. The second kappa shape index (κ2) is 8.90. The summed E-state index contributed by atoms with van der Waals surface area (Å²) in [6, 6.07) is 20.2. The lowest BCUT2D eigenvalue weighted by molar-refractivity contribution is -0.384. The standard InChI is InChI=1S/C22H22N2O4/c1-16-5-3-4-6-20(16)23-14-18-9-12-21(22(13-18)27-2)28-15-17-7-10-19(11-8-17)24(25)26/h3-13,23H,14-15H2,1-2H3. The van der Waals surface area contributed by atoms with Crippen LogP contribution in [0.15, 0.2) is 66.7 Å². The Morgan fingerprint density at radius 2 is 1.68 bits per heavy atom. The zero-order chi connectivity index (χ0) is 19.9. The monoisotopic (exact) mass is 378 g/mol. The molecule has 6 nitrogen and oxygen atoms in total. The number of nitro benzene ring substituents is 1. The van der Waals surface area contributed by atoms with Crippen LogP contribution in [-0.4, -0.2) is 12.0 Å². The molecule has 0 spiro atoms. The molecule has 0 amide bonds. The van der Waals surface area contributed by atoms with Crippen molar-refractivity contribution in [3.8, 4) is 11.5 Å². The lowest BCUT2D eigenvalue weighted by atomic mass is 10.1. The number of nitro groups is 1. The summed E-state index contributed by atoms with van der Waals surface area (Å²) >= 11 is 0. The summed E-state index contributed by atoms with van der Waals surface area (Å²) in [5.74, 6) is 1.27. The highest BCUT2D eigenvalue weighted by atomic mass is 16.6. The first-order valence-electron chi connectivity index (χ1n) is 8.89. The van der Waals surface area contributed by atoms with E-state index in [9.17, 15) is 10.1 Å². The van der Waals surface area contributed by atoms with E-state index in [4.69, 9.17) is 9.47 Å². The lowest BCUT2D eigenvalue weighted by Gasteiger charge is -2.14. The van der Waals surface area contributed by atoms with Crippen LogP contribution in [0.2, 0.25) is 0 Å². The Hall–Kier alpha value is -3.54. The minimum atomic E-state index is -0.419. The quantitative estimate of drug-likeness (QED) is 0.436. The number of rotatable bonds is 8. The third-order valence-corrected chi connectivity index (χ3v) is 4.40. The van der Waals surface area contributed by atoms with Gasteiger partial charge in [0.05, 0.1) is 12.0 Å². The number of ether oxygens (including phenoxy) is 2. The van der Waals surface area contributed by atoms with Crippen LogP contribution >= 0.6 is 0 Å². The highest BCUT2D eigenvalue weighted by Crippen LogP contribution is 2.29. The molecule has 3 rings (SSSR count). The molecule has 0 aliphatic heterocycles. The first-order chi connectivity index (χ1) is 13.6. The third-order valence-electron chi connectivity index (χ3n) is 4.40. The number of aryl methyl sites for hydroxylation is 1. The molecule has 0 atom stereocenters. The van der Waals surface area contributed by atoms with Gasteiger partial charge in [0.15, 0.2) is 11.5 Å². The van der Waals surface area contributed by atoms with Gasteiger partial charge >= 0.3 is 0 Å². The fraction of sp³-hybridized carbons (Fsp3) is 0.182. The molecule has 0 unspecified atom stereocenters. The molecule has 0 radical (unpaired) electrons. The number of methoxy groups -OCH3 is 1. The molecule has 0 aromatic heterocycles. The zero-order valence-corrected chi connectivity index (χ0v) is 15.8. The zero-order valence-electron chi connectivity index (χ0n) is 15.8. The molecular weight excluding hydrogens is 356 g/mol. The van der Waals surface area contributed by atoms with Gasteiger partial charge in [0.25, 0.3) is 5.69 Å². The molecule has 0 fully saturated rings. The number of para-hydroxylation sites is 1. The fourth-order valence-corrected chi connectivity index (χ4v) is 2.78. The number of nitrogens with zero attached hydrogens (tertiary/aromatic N) is 1. The maximum Gasteiger partial charge on any atom is 0.269 e. The third kappa shape index (κ3) is 4.79. The van der Waals surface area contributed by atoms with Gasteiger partial charge in [-0.25, -0.2) is 0 Å². The van der Waals surface area contributed by atoms with Gasteiger partial charge in [-0.15, -0.1) is 0 Å². The second-order valence-corrected chi connectivity index (χ2v) is 6.37. The van der Waals surface area contributed by atoms with E-state index in [1.54, 1.807) is 19.2 Å². The van der Waals surface area contributed by atoms with Crippen LogP contribution in [0.25, 0.3) is 0 Å². The normalized spacial score (nSPS) is 10.4. The molecule has 1 N–H and O–H groups in total. The molecule has 3 aromatic carbocycles. The average Bonchev–Trinajstić information content (AvgIpc) is 2.72. The van der Waals surface area contributed by atoms with E-state index in [0.29, 0.717) is 24.7 Å². The minimum absolute atomic E-state index is 0.0619. The van der Waals surface area contributed by atoms with E-state index in [2.05, 4.69) is 18.3 Å².